The van der Waals surface area contributed by atoms with Gasteiger partial charge in [-0.05, 0) is 30.5 Å². The Balaban J connectivity index is 1.53. The van der Waals surface area contributed by atoms with E-state index in [0.29, 0.717) is 17.8 Å². The summed E-state index contributed by atoms with van der Waals surface area (Å²) in [4.78, 5) is 39.0. The van der Waals surface area contributed by atoms with Crippen LogP contribution in [0.3, 0.4) is 0 Å². The second-order valence-electron chi connectivity index (χ2n) is 7.13. The van der Waals surface area contributed by atoms with E-state index in [2.05, 4.69) is 16.0 Å². The number of benzene rings is 2. The summed E-state index contributed by atoms with van der Waals surface area (Å²) in [6, 6.07) is 15.7. The summed E-state index contributed by atoms with van der Waals surface area (Å²) >= 11 is 0. The molecule has 144 valence electrons. The molecule has 28 heavy (non-hydrogen) atoms. The van der Waals surface area contributed by atoms with Crippen molar-refractivity contribution in [3.05, 3.63) is 60.2 Å². The predicted molar refractivity (Wildman–Crippen MR) is 106 cm³/mol. The standard InChI is InChI=1S/C21H22N4O3/c26-19-13-25(18-9-5-4-8-16(18)23-19)21(28)24-17(20(27)22-15-10-11-15)12-14-6-2-1-3-7-14/h1-9,15,17H,10-13H2,(H,22,27)(H,23,26)(H,24,28). The average Bonchev–Trinajstić information content (AvgIpc) is 3.51. The molecule has 0 aromatic heterocycles. The number of hydrogen-bond acceptors (Lipinski definition) is 3. The Morgan fingerprint density at radius 3 is 2.54 bits per heavy atom. The lowest BCUT2D eigenvalue weighted by Crippen LogP contribution is -2.54. The van der Waals surface area contributed by atoms with E-state index >= 15 is 0 Å². The summed E-state index contributed by atoms with van der Waals surface area (Å²) in [5.41, 5.74) is 2.15. The number of amides is 4. The number of nitrogens with one attached hydrogen (secondary N) is 3. The van der Waals surface area contributed by atoms with Crippen LogP contribution in [-0.4, -0.2) is 36.5 Å². The molecule has 4 rings (SSSR count). The molecule has 0 spiro atoms. The van der Waals surface area contributed by atoms with Gasteiger partial charge in [-0.3, -0.25) is 14.5 Å². The molecule has 7 heteroatoms. The second kappa shape index (κ2) is 7.72. The lowest BCUT2D eigenvalue weighted by atomic mass is 10.1. The molecule has 0 saturated heterocycles. The van der Waals surface area contributed by atoms with Crippen molar-refractivity contribution < 1.29 is 14.4 Å². The van der Waals surface area contributed by atoms with Gasteiger partial charge in [-0.1, -0.05) is 42.5 Å². The zero-order chi connectivity index (χ0) is 19.5. The molecule has 4 amide bonds. The molecule has 3 N–H and O–H groups in total. The van der Waals surface area contributed by atoms with Crippen molar-refractivity contribution in [3.63, 3.8) is 0 Å². The van der Waals surface area contributed by atoms with Crippen molar-refractivity contribution in [1.29, 1.82) is 0 Å². The minimum Gasteiger partial charge on any atom is -0.352 e. The van der Waals surface area contributed by atoms with Crippen molar-refractivity contribution >= 4 is 29.2 Å². The zero-order valence-corrected chi connectivity index (χ0v) is 15.4. The molecule has 0 radical (unpaired) electrons. The van der Waals surface area contributed by atoms with Crippen molar-refractivity contribution in [3.8, 4) is 0 Å². The predicted octanol–water partition coefficient (Wildman–Crippen LogP) is 2.04. The fraction of sp³-hybridized carbons (Fsp3) is 0.286. The number of rotatable bonds is 5. The summed E-state index contributed by atoms with van der Waals surface area (Å²) < 4.78 is 0. The van der Waals surface area contributed by atoms with Crippen LogP contribution < -0.4 is 20.9 Å². The summed E-state index contributed by atoms with van der Waals surface area (Å²) in [7, 11) is 0. The van der Waals surface area contributed by atoms with Gasteiger partial charge in [-0.15, -0.1) is 0 Å². The molecular formula is C21H22N4O3. The lowest BCUT2D eigenvalue weighted by molar-refractivity contribution is -0.123. The normalized spacial score (nSPS) is 16.6. The van der Waals surface area contributed by atoms with E-state index in [1.54, 1.807) is 24.3 Å². The average molecular weight is 378 g/mol. The van der Waals surface area contributed by atoms with Gasteiger partial charge in [-0.2, -0.15) is 0 Å². The highest BCUT2D eigenvalue weighted by atomic mass is 16.2. The van der Waals surface area contributed by atoms with Gasteiger partial charge >= 0.3 is 6.03 Å². The van der Waals surface area contributed by atoms with Gasteiger partial charge in [-0.25, -0.2) is 4.79 Å². The molecule has 1 aliphatic carbocycles. The first-order chi connectivity index (χ1) is 13.6. The molecule has 1 atom stereocenters. The van der Waals surface area contributed by atoms with E-state index in [-0.39, 0.29) is 24.4 Å². The second-order valence-corrected chi connectivity index (χ2v) is 7.13. The molecule has 0 bridgehead atoms. The van der Waals surface area contributed by atoms with Crippen molar-refractivity contribution in [2.75, 3.05) is 16.8 Å². The first-order valence-electron chi connectivity index (χ1n) is 9.41. The number of anilines is 2. The third-order valence-electron chi connectivity index (χ3n) is 4.84. The maximum absolute atomic E-state index is 13.0. The van der Waals surface area contributed by atoms with E-state index in [9.17, 15) is 14.4 Å². The zero-order valence-electron chi connectivity index (χ0n) is 15.4. The summed E-state index contributed by atoms with van der Waals surface area (Å²) in [5.74, 6) is -0.467. The van der Waals surface area contributed by atoms with Gasteiger partial charge in [0, 0.05) is 12.5 Å². The third kappa shape index (κ3) is 4.14. The molecule has 7 nitrogen and oxygen atoms in total. The van der Waals surface area contributed by atoms with Crippen LogP contribution in [0.2, 0.25) is 0 Å². The van der Waals surface area contributed by atoms with E-state index in [1.165, 1.54) is 4.90 Å². The molecular weight excluding hydrogens is 356 g/mol. The molecule has 2 aromatic carbocycles. The quantitative estimate of drug-likeness (QED) is 0.744. The van der Waals surface area contributed by atoms with Crippen molar-refractivity contribution in [2.45, 2.75) is 31.3 Å². The van der Waals surface area contributed by atoms with Gasteiger partial charge in [0.25, 0.3) is 0 Å². The van der Waals surface area contributed by atoms with Gasteiger partial charge in [0.1, 0.15) is 12.6 Å². The van der Waals surface area contributed by atoms with Crippen LogP contribution >= 0.6 is 0 Å². The monoisotopic (exact) mass is 378 g/mol. The maximum Gasteiger partial charge on any atom is 0.323 e. The highest BCUT2D eigenvalue weighted by Gasteiger charge is 2.32. The highest BCUT2D eigenvalue weighted by molar-refractivity contribution is 6.10. The number of urea groups is 1. The first kappa shape index (κ1) is 18.0. The van der Waals surface area contributed by atoms with E-state index in [1.807, 2.05) is 30.3 Å². The summed E-state index contributed by atoms with van der Waals surface area (Å²) in [6.45, 7) is -0.0921. The molecule has 1 aliphatic heterocycles. The number of carbonyl (C=O) groups is 3. The van der Waals surface area contributed by atoms with Crippen LogP contribution in [-0.2, 0) is 16.0 Å². The fourth-order valence-electron chi connectivity index (χ4n) is 3.23. The number of para-hydroxylation sites is 2. The van der Waals surface area contributed by atoms with Gasteiger partial charge < -0.3 is 16.0 Å². The minimum atomic E-state index is -0.715. The smallest absolute Gasteiger partial charge is 0.323 e. The molecule has 1 unspecified atom stereocenters. The number of fused-ring (bicyclic) bond motifs is 1. The molecule has 1 fully saturated rings. The summed E-state index contributed by atoms with van der Waals surface area (Å²) in [5, 5.41) is 8.54. The highest BCUT2D eigenvalue weighted by Crippen LogP contribution is 2.29. The van der Waals surface area contributed by atoms with Crippen molar-refractivity contribution in [1.82, 2.24) is 10.6 Å². The Morgan fingerprint density at radius 2 is 1.79 bits per heavy atom. The number of hydrogen-bond donors (Lipinski definition) is 3. The Bertz CT molecular complexity index is 896. The number of carbonyl (C=O) groups excluding carboxylic acids is 3. The largest absolute Gasteiger partial charge is 0.352 e. The van der Waals surface area contributed by atoms with Gasteiger partial charge in [0.05, 0.1) is 11.4 Å². The van der Waals surface area contributed by atoms with Crippen LogP contribution in [0.1, 0.15) is 18.4 Å². The fourth-order valence-corrected chi connectivity index (χ4v) is 3.23. The molecule has 1 heterocycles. The molecule has 2 aromatic rings. The number of nitrogens with zero attached hydrogens (tertiary/aromatic N) is 1. The van der Waals surface area contributed by atoms with Crippen LogP contribution in [0.25, 0.3) is 0 Å². The molecule has 2 aliphatic rings. The lowest BCUT2D eigenvalue weighted by Gasteiger charge is -2.30. The Morgan fingerprint density at radius 1 is 1.07 bits per heavy atom. The molecule has 1 saturated carbocycles. The van der Waals surface area contributed by atoms with Crippen LogP contribution in [0.15, 0.2) is 54.6 Å². The van der Waals surface area contributed by atoms with Crippen molar-refractivity contribution in [2.24, 2.45) is 0 Å². The van der Waals surface area contributed by atoms with Crippen LogP contribution in [0.5, 0.6) is 0 Å². The Kier molecular flexibility index (Phi) is 4.97. The minimum absolute atomic E-state index is 0.0921. The van der Waals surface area contributed by atoms with E-state index < -0.39 is 12.1 Å². The van der Waals surface area contributed by atoms with E-state index in [4.69, 9.17) is 0 Å². The SMILES string of the molecule is O=C1CN(C(=O)NC(Cc2ccccc2)C(=O)NC2CC2)c2ccccc2N1. The van der Waals surface area contributed by atoms with Crippen LogP contribution in [0, 0.1) is 0 Å². The van der Waals surface area contributed by atoms with Gasteiger partial charge in [0.2, 0.25) is 11.8 Å². The Hall–Kier alpha value is -3.35. The maximum atomic E-state index is 13.0. The van der Waals surface area contributed by atoms with Crippen LogP contribution in [0.4, 0.5) is 16.2 Å². The summed E-state index contributed by atoms with van der Waals surface area (Å²) in [6.07, 6.45) is 2.32. The topological polar surface area (TPSA) is 90.5 Å². The van der Waals surface area contributed by atoms with E-state index in [0.717, 1.165) is 18.4 Å². The Labute approximate surface area is 163 Å². The van der Waals surface area contributed by atoms with Gasteiger partial charge in [0.15, 0.2) is 0 Å². The first-order valence-corrected chi connectivity index (χ1v) is 9.41. The third-order valence-corrected chi connectivity index (χ3v) is 4.84.